The summed E-state index contributed by atoms with van der Waals surface area (Å²) in [5.41, 5.74) is 4.07. The second-order valence-electron chi connectivity index (χ2n) is 6.28. The number of benzene rings is 1. The molecule has 3 nitrogen and oxygen atoms in total. The second-order valence-corrected chi connectivity index (χ2v) is 6.28. The minimum Gasteiger partial charge on any atom is -0.494 e. The van der Waals surface area contributed by atoms with Gasteiger partial charge in [0.05, 0.1) is 7.11 Å². The molecule has 1 fully saturated rings. The largest absolute Gasteiger partial charge is 0.494 e. The molecule has 0 unspecified atom stereocenters. The van der Waals surface area contributed by atoms with Gasteiger partial charge >= 0.3 is 0 Å². The molecular formula is C17H22N2O. The molecular weight excluding hydrogens is 248 g/mol. The maximum absolute atomic E-state index is 5.69. The van der Waals surface area contributed by atoms with Gasteiger partial charge in [0.25, 0.3) is 0 Å². The van der Waals surface area contributed by atoms with Crippen molar-refractivity contribution in [3.8, 4) is 11.4 Å². The van der Waals surface area contributed by atoms with E-state index in [-0.39, 0.29) is 0 Å². The van der Waals surface area contributed by atoms with Crippen LogP contribution in [0.25, 0.3) is 5.69 Å². The second kappa shape index (κ2) is 4.65. The Balaban J connectivity index is 2.22. The van der Waals surface area contributed by atoms with E-state index in [0.717, 1.165) is 11.4 Å². The molecule has 0 atom stereocenters. The van der Waals surface area contributed by atoms with E-state index in [1.54, 1.807) is 13.3 Å². The van der Waals surface area contributed by atoms with Gasteiger partial charge < -0.3 is 4.74 Å². The highest BCUT2D eigenvalue weighted by molar-refractivity contribution is 5.57. The number of ether oxygens (including phenoxy) is 1. The van der Waals surface area contributed by atoms with Crippen LogP contribution in [-0.4, -0.2) is 16.9 Å². The van der Waals surface area contributed by atoms with E-state index in [1.165, 1.54) is 24.0 Å². The summed E-state index contributed by atoms with van der Waals surface area (Å²) in [5, 5.41) is 4.38. The van der Waals surface area contributed by atoms with Crippen molar-refractivity contribution >= 4 is 0 Å². The topological polar surface area (TPSA) is 27.1 Å². The summed E-state index contributed by atoms with van der Waals surface area (Å²) in [5.74, 6) is 1.37. The number of aromatic nitrogens is 2. The predicted molar refractivity (Wildman–Crippen MR) is 80.8 cm³/mol. The summed E-state index contributed by atoms with van der Waals surface area (Å²) in [7, 11) is 1.74. The van der Waals surface area contributed by atoms with Crippen LogP contribution in [0.1, 0.15) is 50.7 Å². The van der Waals surface area contributed by atoms with Crippen LogP contribution in [0.2, 0.25) is 0 Å². The molecule has 0 N–H and O–H groups in total. The lowest BCUT2D eigenvalue weighted by Gasteiger charge is -2.20. The average Bonchev–Trinajstić information content (AvgIpc) is 2.98. The molecule has 0 spiro atoms. The van der Waals surface area contributed by atoms with Gasteiger partial charge in [0, 0.05) is 12.4 Å². The molecule has 3 heteroatoms. The molecule has 106 valence electrons. The monoisotopic (exact) mass is 270 g/mol. The Morgan fingerprint density at radius 3 is 2.55 bits per heavy atom. The number of methoxy groups -OCH3 is 1. The molecule has 1 aromatic carbocycles. The summed E-state index contributed by atoms with van der Waals surface area (Å²) in [4.78, 5) is 0. The molecule has 0 radical (unpaired) electrons. The maximum Gasteiger partial charge on any atom is 0.147 e. The highest BCUT2D eigenvalue weighted by atomic mass is 16.5. The van der Waals surface area contributed by atoms with E-state index in [2.05, 4.69) is 38.0 Å². The molecule has 1 saturated carbocycles. The smallest absolute Gasteiger partial charge is 0.147 e. The summed E-state index contributed by atoms with van der Waals surface area (Å²) < 4.78 is 7.59. The van der Waals surface area contributed by atoms with Crippen molar-refractivity contribution in [3.63, 3.8) is 0 Å². The number of hydrogen-bond acceptors (Lipinski definition) is 2. The van der Waals surface area contributed by atoms with E-state index >= 15 is 0 Å². The fourth-order valence-corrected chi connectivity index (χ4v) is 2.69. The molecule has 1 aliphatic rings. The quantitative estimate of drug-likeness (QED) is 0.838. The van der Waals surface area contributed by atoms with Gasteiger partial charge in [-0.05, 0) is 47.4 Å². The summed E-state index contributed by atoms with van der Waals surface area (Å²) in [6.07, 6.45) is 6.33. The van der Waals surface area contributed by atoms with Crippen molar-refractivity contribution in [3.05, 3.63) is 41.7 Å². The minimum atomic E-state index is 0.345. The Hall–Kier alpha value is -1.77. The van der Waals surface area contributed by atoms with E-state index in [9.17, 15) is 0 Å². The first-order chi connectivity index (χ1) is 9.55. The van der Waals surface area contributed by atoms with Gasteiger partial charge in [0.2, 0.25) is 0 Å². The molecule has 0 saturated heterocycles. The van der Waals surface area contributed by atoms with Crippen molar-refractivity contribution < 1.29 is 4.74 Å². The van der Waals surface area contributed by atoms with Crippen LogP contribution in [0.15, 0.2) is 30.6 Å². The number of rotatable bonds is 4. The zero-order chi connectivity index (χ0) is 14.3. The third kappa shape index (κ3) is 2.11. The van der Waals surface area contributed by atoms with Crippen molar-refractivity contribution in [1.82, 2.24) is 9.78 Å². The molecule has 0 amide bonds. The molecule has 1 aliphatic carbocycles. The van der Waals surface area contributed by atoms with Crippen LogP contribution in [0.4, 0.5) is 0 Å². The molecule has 20 heavy (non-hydrogen) atoms. The third-order valence-corrected chi connectivity index (χ3v) is 4.37. The first-order valence-corrected chi connectivity index (χ1v) is 7.27. The summed E-state index contributed by atoms with van der Waals surface area (Å²) in [6, 6.07) is 6.51. The molecule has 0 bridgehead atoms. The average molecular weight is 270 g/mol. The van der Waals surface area contributed by atoms with Crippen molar-refractivity contribution in [2.24, 2.45) is 0 Å². The standard InChI is InChI=1S/C17H22N2O/c1-12(2)14-10-13(17(3)6-7-17)11-15(16(14)20-4)19-9-5-8-18-19/h5,8-12H,6-7H2,1-4H3. The lowest BCUT2D eigenvalue weighted by molar-refractivity contribution is 0.404. The lowest BCUT2D eigenvalue weighted by atomic mass is 9.91. The van der Waals surface area contributed by atoms with Gasteiger partial charge in [0.15, 0.2) is 0 Å². The molecule has 3 rings (SSSR count). The third-order valence-electron chi connectivity index (χ3n) is 4.37. The molecule has 0 aliphatic heterocycles. The summed E-state index contributed by atoms with van der Waals surface area (Å²) in [6.45, 7) is 6.76. The fraction of sp³-hybridized carbons (Fsp3) is 0.471. The predicted octanol–water partition coefficient (Wildman–Crippen LogP) is 4.06. The highest BCUT2D eigenvalue weighted by Gasteiger charge is 2.40. The van der Waals surface area contributed by atoms with Gasteiger partial charge in [0.1, 0.15) is 11.4 Å². The minimum absolute atomic E-state index is 0.345. The van der Waals surface area contributed by atoms with Crippen LogP contribution in [0.3, 0.4) is 0 Å². The van der Waals surface area contributed by atoms with Gasteiger partial charge in [-0.25, -0.2) is 4.68 Å². The van der Waals surface area contributed by atoms with Crippen LogP contribution >= 0.6 is 0 Å². The fourth-order valence-electron chi connectivity index (χ4n) is 2.69. The first-order valence-electron chi connectivity index (χ1n) is 7.27. The zero-order valence-electron chi connectivity index (χ0n) is 12.7. The summed E-state index contributed by atoms with van der Waals surface area (Å²) >= 11 is 0. The Morgan fingerprint density at radius 2 is 2.05 bits per heavy atom. The Kier molecular flexibility index (Phi) is 3.08. The van der Waals surface area contributed by atoms with E-state index in [1.807, 2.05) is 16.9 Å². The molecule has 1 heterocycles. The Labute approximate surface area is 120 Å². The maximum atomic E-state index is 5.69. The highest BCUT2D eigenvalue weighted by Crippen LogP contribution is 2.50. The SMILES string of the molecule is COc1c(C(C)C)cc(C2(C)CC2)cc1-n1cccn1. The van der Waals surface area contributed by atoms with Gasteiger partial charge in [-0.3, -0.25) is 0 Å². The Morgan fingerprint density at radius 1 is 1.30 bits per heavy atom. The van der Waals surface area contributed by atoms with Crippen LogP contribution in [0, 0.1) is 0 Å². The van der Waals surface area contributed by atoms with Crippen molar-refractivity contribution in [1.29, 1.82) is 0 Å². The van der Waals surface area contributed by atoms with Crippen LogP contribution in [-0.2, 0) is 5.41 Å². The first kappa shape index (κ1) is 13.2. The van der Waals surface area contributed by atoms with E-state index in [0.29, 0.717) is 11.3 Å². The van der Waals surface area contributed by atoms with Gasteiger partial charge in [-0.2, -0.15) is 5.10 Å². The number of hydrogen-bond donors (Lipinski definition) is 0. The van der Waals surface area contributed by atoms with Crippen molar-refractivity contribution in [2.45, 2.75) is 44.9 Å². The zero-order valence-corrected chi connectivity index (χ0v) is 12.7. The van der Waals surface area contributed by atoms with E-state index < -0.39 is 0 Å². The van der Waals surface area contributed by atoms with Crippen molar-refractivity contribution in [2.75, 3.05) is 7.11 Å². The lowest BCUT2D eigenvalue weighted by Crippen LogP contribution is -2.08. The number of nitrogens with zero attached hydrogens (tertiary/aromatic N) is 2. The van der Waals surface area contributed by atoms with Gasteiger partial charge in [-0.1, -0.05) is 26.8 Å². The molecule has 2 aromatic rings. The van der Waals surface area contributed by atoms with Gasteiger partial charge in [-0.15, -0.1) is 0 Å². The Bertz CT molecular complexity index is 610. The van der Waals surface area contributed by atoms with Crippen LogP contribution < -0.4 is 4.74 Å². The van der Waals surface area contributed by atoms with E-state index in [4.69, 9.17) is 4.74 Å². The normalized spacial score (nSPS) is 16.4. The van der Waals surface area contributed by atoms with Crippen LogP contribution in [0.5, 0.6) is 5.75 Å². The molecule has 1 aromatic heterocycles.